The molecule has 1 saturated heterocycles. The summed E-state index contributed by atoms with van der Waals surface area (Å²) in [5.74, 6) is -4.79. The maximum atomic E-state index is 14.7. The van der Waals surface area contributed by atoms with E-state index in [9.17, 15) is 36.3 Å². The van der Waals surface area contributed by atoms with Crippen molar-refractivity contribution in [2.45, 2.75) is 92.9 Å². The van der Waals surface area contributed by atoms with Crippen LogP contribution in [0.2, 0.25) is 0 Å². The van der Waals surface area contributed by atoms with Gasteiger partial charge in [-0.05, 0) is 105 Å². The average molecular weight is 849 g/mol. The minimum atomic E-state index is -1.26. The van der Waals surface area contributed by atoms with Crippen LogP contribution in [0.15, 0.2) is 65.2 Å². The van der Waals surface area contributed by atoms with E-state index in [2.05, 4.69) is 22.5 Å². The zero-order valence-electron chi connectivity index (χ0n) is 35.0. The number of rotatable bonds is 9. The molecule has 7 rings (SSSR count). The summed E-state index contributed by atoms with van der Waals surface area (Å²) < 4.78 is 69.7. The lowest BCUT2D eigenvalue weighted by molar-refractivity contribution is -0.112. The molecule has 4 aromatic rings. The Kier molecular flexibility index (Phi) is 15.6. The molecule has 13 heteroatoms. The minimum Gasteiger partial charge on any atom is -0.355 e. The fourth-order valence-electron chi connectivity index (χ4n) is 8.03. The maximum absolute atomic E-state index is 14.7. The Morgan fingerprint density at radius 3 is 2.13 bits per heavy atom. The molecule has 320 valence electrons. The number of hydrogen-bond acceptors (Lipinski definition) is 6. The predicted octanol–water partition coefficient (Wildman–Crippen LogP) is 12.0. The quantitative estimate of drug-likeness (QED) is 0.130. The van der Waals surface area contributed by atoms with Gasteiger partial charge < -0.3 is 15.5 Å². The van der Waals surface area contributed by atoms with E-state index in [0.717, 1.165) is 55.4 Å². The van der Waals surface area contributed by atoms with Crippen LogP contribution in [-0.2, 0) is 11.2 Å². The Morgan fingerprint density at radius 2 is 1.53 bits per heavy atom. The second-order valence-electron chi connectivity index (χ2n) is 15.4. The average Bonchev–Trinajstić information content (AvgIpc) is 3.65. The number of aliphatic imine (C=N–C) groups is 1. The Balaban J connectivity index is 0.000000219. The predicted molar refractivity (Wildman–Crippen MR) is 230 cm³/mol. The Bertz CT molecular complexity index is 2230. The van der Waals surface area contributed by atoms with E-state index < -0.39 is 40.7 Å². The van der Waals surface area contributed by atoms with E-state index in [4.69, 9.17) is 4.99 Å². The number of thiophene rings is 1. The third kappa shape index (κ3) is 10.4. The maximum Gasteiger partial charge on any atom is 0.265 e. The van der Waals surface area contributed by atoms with Crippen LogP contribution < -0.4 is 10.6 Å². The highest BCUT2D eigenvalue weighted by atomic mass is 32.1. The number of halogens is 5. The molecule has 60 heavy (non-hydrogen) atoms. The topological polar surface area (TPSA) is 90.9 Å². The summed E-state index contributed by atoms with van der Waals surface area (Å²) in [6.45, 7) is 14.1. The summed E-state index contributed by atoms with van der Waals surface area (Å²) in [5, 5.41) is 5.04. The van der Waals surface area contributed by atoms with Crippen molar-refractivity contribution < 1.29 is 36.3 Å². The van der Waals surface area contributed by atoms with E-state index in [1.165, 1.54) is 51.2 Å². The van der Waals surface area contributed by atoms with Gasteiger partial charge >= 0.3 is 0 Å². The monoisotopic (exact) mass is 848 g/mol. The van der Waals surface area contributed by atoms with Crippen molar-refractivity contribution in [2.24, 2.45) is 16.3 Å². The number of anilines is 2. The molecule has 3 heterocycles. The lowest BCUT2D eigenvalue weighted by atomic mass is 9.65. The van der Waals surface area contributed by atoms with E-state index in [1.807, 2.05) is 26.8 Å². The van der Waals surface area contributed by atoms with E-state index in [0.29, 0.717) is 63.2 Å². The van der Waals surface area contributed by atoms with Gasteiger partial charge in [-0.15, -0.1) is 11.3 Å². The van der Waals surface area contributed by atoms with Crippen molar-refractivity contribution in [3.8, 4) is 10.4 Å². The van der Waals surface area contributed by atoms with E-state index >= 15 is 0 Å². The number of nitrogens with zero attached hydrogens (tertiary/aromatic N) is 2. The van der Waals surface area contributed by atoms with Gasteiger partial charge in [-0.3, -0.25) is 19.4 Å². The number of amidine groups is 1. The number of aryl methyl sites for hydroxylation is 3. The van der Waals surface area contributed by atoms with Gasteiger partial charge in [0.1, 0.15) is 23.6 Å². The lowest BCUT2D eigenvalue weighted by Gasteiger charge is -2.55. The van der Waals surface area contributed by atoms with Crippen molar-refractivity contribution >= 4 is 46.6 Å². The molecule has 7 nitrogen and oxygen atoms in total. The molecule has 2 amide bonds. The number of nitrogens with one attached hydrogen (secondary N) is 2. The number of dihydropyridines is 1. The molecule has 0 unspecified atom stereocenters. The Labute approximate surface area is 353 Å². The van der Waals surface area contributed by atoms with Crippen LogP contribution in [0, 0.1) is 54.3 Å². The van der Waals surface area contributed by atoms with Gasteiger partial charge in [0.25, 0.3) is 11.8 Å². The van der Waals surface area contributed by atoms with Gasteiger partial charge in [-0.2, -0.15) is 0 Å². The number of amides is 2. The highest BCUT2D eigenvalue weighted by Gasteiger charge is 2.47. The molecule has 2 N–H and O–H groups in total. The van der Waals surface area contributed by atoms with Gasteiger partial charge in [-0.25, -0.2) is 22.0 Å². The first-order chi connectivity index (χ1) is 28.8. The SMILES string of the molecule is CC.CCC1CCC2(CC1)CN(C1=NCCC=C1C(=O)Nc1ccc(C=O)cc1)C2.CCCc1cc(C(=O)Nc2c(F)cc(F)cc2F)sc1-c1c(C)cc(C)c(F)c1F. The Hall–Kier alpha value is -5.17. The van der Waals surface area contributed by atoms with Crippen molar-refractivity contribution in [1.29, 1.82) is 0 Å². The number of aldehydes is 1. The molecule has 0 radical (unpaired) electrons. The number of carbonyl (C=O) groups excluding carboxylic acids is 3. The molecule has 1 spiro atoms. The molecule has 0 atom stereocenters. The van der Waals surface area contributed by atoms with Gasteiger partial charge in [0.15, 0.2) is 23.3 Å². The van der Waals surface area contributed by atoms with Crippen LogP contribution in [0.1, 0.15) is 109 Å². The molecular weight excluding hydrogens is 796 g/mol. The van der Waals surface area contributed by atoms with Crippen LogP contribution in [0.4, 0.5) is 33.3 Å². The van der Waals surface area contributed by atoms with Crippen LogP contribution in [0.25, 0.3) is 10.4 Å². The number of hydrogen-bond donors (Lipinski definition) is 2. The summed E-state index contributed by atoms with van der Waals surface area (Å²) in [6.07, 6.45) is 11.4. The lowest BCUT2D eigenvalue weighted by Crippen LogP contribution is -2.60. The number of carbonyl (C=O) groups is 3. The molecule has 0 bridgehead atoms. The standard InChI is InChI=1S/C23H29N3O2.C22H18F5NOS.C2H6/c1-2-17-9-11-23(12-10-17)15-26(16-23)21-20(4-3-13-24-21)22(28)25-19-7-5-18(14-27)6-8-19;1-4-5-12-7-16(22(29)28-20-14(24)8-13(23)9-15(20)25)30-21(12)17-10(2)6-11(3)18(26)19(17)27;1-2/h4-8,14,17H,2-3,9-13,15-16H2,1H3,(H,25,28);6-9H,4-5H2,1-3H3,(H,28,29);1-2H3. The highest BCUT2D eigenvalue weighted by Crippen LogP contribution is 2.47. The molecule has 1 aromatic heterocycles. The van der Waals surface area contributed by atoms with Gasteiger partial charge in [0.05, 0.1) is 10.5 Å². The Morgan fingerprint density at radius 1 is 0.883 bits per heavy atom. The molecule has 2 aliphatic heterocycles. The first-order valence-electron chi connectivity index (χ1n) is 20.7. The van der Waals surface area contributed by atoms with E-state index in [-0.39, 0.29) is 21.9 Å². The molecule has 1 aliphatic carbocycles. The van der Waals surface area contributed by atoms with Gasteiger partial charge in [0, 0.05) is 58.9 Å². The first-order valence-corrected chi connectivity index (χ1v) is 21.5. The van der Waals surface area contributed by atoms with Crippen LogP contribution in [0.3, 0.4) is 0 Å². The number of benzene rings is 3. The largest absolute Gasteiger partial charge is 0.355 e. The molecule has 1 saturated carbocycles. The van der Waals surface area contributed by atoms with Crippen molar-refractivity contribution in [2.75, 3.05) is 30.3 Å². The summed E-state index contributed by atoms with van der Waals surface area (Å²) in [6, 6.07) is 10.8. The fourth-order valence-corrected chi connectivity index (χ4v) is 9.24. The first kappa shape index (κ1) is 45.9. The van der Waals surface area contributed by atoms with Crippen molar-refractivity contribution in [3.63, 3.8) is 0 Å². The second-order valence-corrected chi connectivity index (χ2v) is 16.5. The zero-order valence-corrected chi connectivity index (χ0v) is 35.9. The van der Waals surface area contributed by atoms with Crippen LogP contribution in [0.5, 0.6) is 0 Å². The molecule has 3 aromatic carbocycles. The normalized spacial score (nSPS) is 15.7. The van der Waals surface area contributed by atoms with Crippen molar-refractivity contribution in [1.82, 2.24) is 4.90 Å². The zero-order chi connectivity index (χ0) is 43.7. The van der Waals surface area contributed by atoms with Gasteiger partial charge in [-0.1, -0.05) is 52.7 Å². The van der Waals surface area contributed by atoms with Crippen LogP contribution in [-0.4, -0.2) is 48.5 Å². The molecule has 3 aliphatic rings. The highest BCUT2D eigenvalue weighted by molar-refractivity contribution is 7.17. The van der Waals surface area contributed by atoms with E-state index in [1.54, 1.807) is 31.2 Å². The summed E-state index contributed by atoms with van der Waals surface area (Å²) >= 11 is 0.900. The summed E-state index contributed by atoms with van der Waals surface area (Å²) in [4.78, 5) is 43.7. The minimum absolute atomic E-state index is 0.0599. The smallest absolute Gasteiger partial charge is 0.265 e. The van der Waals surface area contributed by atoms with Gasteiger partial charge in [0.2, 0.25) is 0 Å². The third-order valence-electron chi connectivity index (χ3n) is 11.2. The number of likely N-dealkylation sites (tertiary alicyclic amines) is 1. The molecular formula is C47H53F5N4O3S. The fraction of sp³-hybridized carbons (Fsp3) is 0.404. The summed E-state index contributed by atoms with van der Waals surface area (Å²) in [5.41, 5.74) is 3.00. The second kappa shape index (κ2) is 20.4. The van der Waals surface area contributed by atoms with Crippen molar-refractivity contribution in [3.05, 3.63) is 116 Å². The summed E-state index contributed by atoms with van der Waals surface area (Å²) in [7, 11) is 0. The third-order valence-corrected chi connectivity index (χ3v) is 12.4. The van der Waals surface area contributed by atoms with Crippen LogP contribution >= 0.6 is 11.3 Å². The molecule has 2 fully saturated rings.